The van der Waals surface area contributed by atoms with E-state index in [9.17, 15) is 12.8 Å². The van der Waals surface area contributed by atoms with Gasteiger partial charge in [-0.2, -0.15) is 0 Å². The van der Waals surface area contributed by atoms with Gasteiger partial charge in [0.05, 0.1) is 16.1 Å². The van der Waals surface area contributed by atoms with Crippen molar-refractivity contribution in [1.82, 2.24) is 0 Å². The molecule has 0 amide bonds. The molecule has 0 radical (unpaired) electrons. The number of amidine groups is 1. The molecule has 1 aliphatic heterocycles. The van der Waals surface area contributed by atoms with Crippen LogP contribution in [0, 0.1) is 5.82 Å². The number of benzene rings is 2. The van der Waals surface area contributed by atoms with Gasteiger partial charge in [0.1, 0.15) is 5.82 Å². The lowest BCUT2D eigenvalue weighted by molar-refractivity contribution is 0.481. The molecule has 0 saturated carbocycles. The van der Waals surface area contributed by atoms with Crippen LogP contribution in [0.3, 0.4) is 0 Å². The van der Waals surface area contributed by atoms with Crippen molar-refractivity contribution in [2.24, 2.45) is 10.7 Å². The molecule has 5 nitrogen and oxygen atoms in total. The number of nitrogens with one attached hydrogen (secondary N) is 1. The van der Waals surface area contributed by atoms with Gasteiger partial charge in [0.2, 0.25) is 0 Å². The molecular weight excluding hydrogens is 397 g/mol. The van der Waals surface area contributed by atoms with Crippen molar-refractivity contribution in [1.29, 1.82) is 0 Å². The molecule has 1 heterocycles. The molecule has 3 rings (SSSR count). The third-order valence-electron chi connectivity index (χ3n) is 4.15. The predicted molar refractivity (Wildman–Crippen MR) is 105 cm³/mol. The first-order valence-electron chi connectivity index (χ1n) is 7.76. The summed E-state index contributed by atoms with van der Waals surface area (Å²) in [4.78, 5) is 4.46. The quantitative estimate of drug-likeness (QED) is 0.794. The van der Waals surface area contributed by atoms with Crippen LogP contribution < -0.4 is 10.5 Å². The lowest BCUT2D eigenvalue weighted by atomic mass is 9.89. The largest absolute Gasteiger partial charge is 0.379 e. The van der Waals surface area contributed by atoms with E-state index in [4.69, 9.17) is 17.3 Å². The lowest BCUT2D eigenvalue weighted by Crippen LogP contribution is -2.29. The molecule has 0 aliphatic carbocycles. The Balaban J connectivity index is 1.96. The SMILES string of the molecule is CC1(c2ccc(F)c(NS(=O)(=O)c3ccc(Cl)cc3)c2)CCSC(N)=N1. The van der Waals surface area contributed by atoms with Gasteiger partial charge in [0, 0.05) is 10.8 Å². The van der Waals surface area contributed by atoms with Crippen molar-refractivity contribution >= 4 is 44.2 Å². The topological polar surface area (TPSA) is 84.5 Å². The number of hydrogen-bond donors (Lipinski definition) is 2. The van der Waals surface area contributed by atoms with Crippen LogP contribution in [-0.2, 0) is 15.6 Å². The maximum atomic E-state index is 14.2. The average molecular weight is 414 g/mol. The molecule has 1 aliphatic rings. The van der Waals surface area contributed by atoms with E-state index in [1.54, 1.807) is 6.07 Å². The highest BCUT2D eigenvalue weighted by molar-refractivity contribution is 8.13. The highest BCUT2D eigenvalue weighted by atomic mass is 35.5. The smallest absolute Gasteiger partial charge is 0.261 e. The molecule has 138 valence electrons. The van der Waals surface area contributed by atoms with Crippen molar-refractivity contribution in [2.45, 2.75) is 23.8 Å². The summed E-state index contributed by atoms with van der Waals surface area (Å²) >= 11 is 7.24. The van der Waals surface area contributed by atoms with Crippen LogP contribution >= 0.6 is 23.4 Å². The zero-order chi connectivity index (χ0) is 18.9. The van der Waals surface area contributed by atoms with Gasteiger partial charge in [0.15, 0.2) is 5.17 Å². The van der Waals surface area contributed by atoms with E-state index < -0.39 is 21.4 Å². The molecule has 2 aromatic rings. The second-order valence-corrected chi connectivity index (χ2v) is 9.31. The van der Waals surface area contributed by atoms with Gasteiger partial charge in [-0.3, -0.25) is 9.71 Å². The standard InChI is InChI=1S/C17H17ClFN3O2S2/c1-17(8-9-25-16(20)21-17)11-2-7-14(19)15(10-11)22-26(23,24)13-5-3-12(18)4-6-13/h2-7,10,22H,8-9H2,1H3,(H2,20,21). The number of anilines is 1. The monoisotopic (exact) mass is 413 g/mol. The van der Waals surface area contributed by atoms with Crippen molar-refractivity contribution in [3.05, 3.63) is 58.9 Å². The molecule has 3 N–H and O–H groups in total. The Hall–Kier alpha value is -1.77. The molecular formula is C17H17ClFN3O2S2. The zero-order valence-electron chi connectivity index (χ0n) is 13.9. The summed E-state index contributed by atoms with van der Waals surface area (Å²) in [6.07, 6.45) is 0.716. The number of rotatable bonds is 4. The number of aliphatic imine (C=N–C) groups is 1. The molecule has 2 aromatic carbocycles. The lowest BCUT2D eigenvalue weighted by Gasteiger charge is -2.30. The van der Waals surface area contributed by atoms with Crippen molar-refractivity contribution < 1.29 is 12.8 Å². The predicted octanol–water partition coefficient (Wildman–Crippen LogP) is 3.95. The van der Waals surface area contributed by atoms with E-state index in [1.165, 1.54) is 48.2 Å². The van der Waals surface area contributed by atoms with Gasteiger partial charge >= 0.3 is 0 Å². The van der Waals surface area contributed by atoms with E-state index in [1.807, 2.05) is 6.92 Å². The number of nitrogens with zero attached hydrogens (tertiary/aromatic N) is 1. The summed E-state index contributed by atoms with van der Waals surface area (Å²) in [5, 5.41) is 0.877. The third kappa shape index (κ3) is 3.97. The Morgan fingerprint density at radius 2 is 1.96 bits per heavy atom. The summed E-state index contributed by atoms with van der Waals surface area (Å²) in [7, 11) is -3.94. The number of nitrogens with two attached hydrogens (primary N) is 1. The number of hydrogen-bond acceptors (Lipinski definition) is 5. The minimum atomic E-state index is -3.94. The highest BCUT2D eigenvalue weighted by Gasteiger charge is 2.30. The molecule has 0 spiro atoms. The van der Waals surface area contributed by atoms with Crippen molar-refractivity contribution in [2.75, 3.05) is 10.5 Å². The maximum Gasteiger partial charge on any atom is 0.261 e. The summed E-state index contributed by atoms with van der Waals surface area (Å²) in [6.45, 7) is 1.89. The van der Waals surface area contributed by atoms with Crippen LogP contribution in [0.5, 0.6) is 0 Å². The van der Waals surface area contributed by atoms with Gasteiger partial charge in [-0.15, -0.1) is 0 Å². The molecule has 0 fully saturated rings. The normalized spacial score (nSPS) is 20.5. The van der Waals surface area contributed by atoms with Crippen LogP contribution in [0.4, 0.5) is 10.1 Å². The average Bonchev–Trinajstić information content (AvgIpc) is 2.57. The molecule has 9 heteroatoms. The molecule has 0 saturated heterocycles. The van der Waals surface area contributed by atoms with Gasteiger partial charge in [-0.25, -0.2) is 12.8 Å². The first kappa shape index (κ1) is 19.0. The molecule has 26 heavy (non-hydrogen) atoms. The fourth-order valence-corrected chi connectivity index (χ4v) is 4.81. The van der Waals surface area contributed by atoms with E-state index in [2.05, 4.69) is 9.71 Å². The van der Waals surface area contributed by atoms with Crippen LogP contribution in [0.15, 0.2) is 52.4 Å². The van der Waals surface area contributed by atoms with Gasteiger partial charge in [-0.1, -0.05) is 29.4 Å². The first-order valence-corrected chi connectivity index (χ1v) is 10.6. The zero-order valence-corrected chi connectivity index (χ0v) is 16.3. The van der Waals surface area contributed by atoms with E-state index in [0.29, 0.717) is 22.2 Å². The minimum Gasteiger partial charge on any atom is -0.379 e. The van der Waals surface area contributed by atoms with Crippen LogP contribution in [0.2, 0.25) is 5.02 Å². The highest BCUT2D eigenvalue weighted by Crippen LogP contribution is 2.36. The third-order valence-corrected chi connectivity index (χ3v) is 6.58. The van der Waals surface area contributed by atoms with E-state index >= 15 is 0 Å². The summed E-state index contributed by atoms with van der Waals surface area (Å²) in [5.74, 6) is 0.117. The Morgan fingerprint density at radius 1 is 1.27 bits per heavy atom. The fraction of sp³-hybridized carbons (Fsp3) is 0.235. The Kier molecular flexibility index (Phi) is 5.18. The Bertz CT molecular complexity index is 964. The number of sulfonamides is 1. The van der Waals surface area contributed by atoms with Crippen molar-refractivity contribution in [3.63, 3.8) is 0 Å². The molecule has 1 atom stereocenters. The Morgan fingerprint density at radius 3 is 2.62 bits per heavy atom. The summed E-state index contributed by atoms with van der Waals surface area (Å²) in [6, 6.07) is 9.93. The second-order valence-electron chi connectivity index (χ2n) is 6.08. The van der Waals surface area contributed by atoms with Gasteiger partial charge in [0.25, 0.3) is 10.0 Å². The van der Waals surface area contributed by atoms with E-state index in [0.717, 1.165) is 5.75 Å². The molecule has 0 bridgehead atoms. The fourth-order valence-electron chi connectivity index (χ4n) is 2.65. The minimum absolute atomic E-state index is 0.00533. The van der Waals surface area contributed by atoms with E-state index in [-0.39, 0.29) is 10.6 Å². The van der Waals surface area contributed by atoms with Gasteiger partial charge in [-0.05, 0) is 55.3 Å². The molecule has 0 aromatic heterocycles. The Labute approximate surface area is 160 Å². The molecule has 1 unspecified atom stereocenters. The number of thioether (sulfide) groups is 1. The maximum absolute atomic E-state index is 14.2. The van der Waals surface area contributed by atoms with Crippen LogP contribution in [0.1, 0.15) is 18.9 Å². The number of halogens is 2. The first-order chi connectivity index (χ1) is 12.2. The van der Waals surface area contributed by atoms with Crippen LogP contribution in [-0.4, -0.2) is 19.3 Å². The summed E-state index contributed by atoms with van der Waals surface area (Å²) < 4.78 is 41.6. The second kappa shape index (κ2) is 7.09. The van der Waals surface area contributed by atoms with Crippen LogP contribution in [0.25, 0.3) is 0 Å². The summed E-state index contributed by atoms with van der Waals surface area (Å²) in [5.41, 5.74) is 5.76. The van der Waals surface area contributed by atoms with Gasteiger partial charge < -0.3 is 5.73 Å². The van der Waals surface area contributed by atoms with Crippen molar-refractivity contribution in [3.8, 4) is 0 Å².